The Morgan fingerprint density at radius 2 is 2.35 bits per heavy atom. The van der Waals surface area contributed by atoms with Gasteiger partial charge in [0.15, 0.2) is 5.13 Å². The van der Waals surface area contributed by atoms with Gasteiger partial charge in [-0.2, -0.15) is 0 Å². The van der Waals surface area contributed by atoms with Gasteiger partial charge >= 0.3 is 0 Å². The zero-order chi connectivity index (χ0) is 14.4. The summed E-state index contributed by atoms with van der Waals surface area (Å²) in [5.74, 6) is -0.0903. The number of anilines is 1. The number of carbonyl (C=O) groups is 1. The molecule has 6 heteroatoms. The van der Waals surface area contributed by atoms with Gasteiger partial charge in [0.1, 0.15) is 0 Å². The minimum absolute atomic E-state index is 0.0903. The number of carbonyl (C=O) groups excluding carboxylic acids is 1. The maximum Gasteiger partial charge on any atom is 0.223 e. The molecule has 0 aliphatic rings. The molecule has 2 aromatic rings. The predicted octanol–water partition coefficient (Wildman–Crippen LogP) is 3.35. The summed E-state index contributed by atoms with van der Waals surface area (Å²) in [5, 5.41) is 7.43. The zero-order valence-corrected chi connectivity index (χ0v) is 13.0. The van der Waals surface area contributed by atoms with Crippen LogP contribution in [0.5, 0.6) is 0 Å². The molecule has 0 aliphatic carbocycles. The minimum Gasteiger partial charge on any atom is -0.302 e. The molecule has 0 radical (unpaired) electrons. The van der Waals surface area contributed by atoms with E-state index in [4.69, 9.17) is 0 Å². The summed E-state index contributed by atoms with van der Waals surface area (Å²) in [5.41, 5.74) is 0.970. The average molecular weight is 307 g/mol. The zero-order valence-electron chi connectivity index (χ0n) is 11.3. The van der Waals surface area contributed by atoms with Crippen molar-refractivity contribution in [2.45, 2.75) is 20.0 Å². The highest BCUT2D eigenvalue weighted by Gasteiger charge is 2.09. The van der Waals surface area contributed by atoms with Crippen LogP contribution >= 0.6 is 22.7 Å². The van der Waals surface area contributed by atoms with E-state index in [1.807, 2.05) is 11.5 Å². The summed E-state index contributed by atoms with van der Waals surface area (Å²) in [6.07, 6.45) is 1.90. The molecule has 0 bridgehead atoms. The molecule has 0 saturated heterocycles. The van der Waals surface area contributed by atoms with E-state index in [1.165, 1.54) is 23.1 Å². The first kappa shape index (κ1) is 14.9. The summed E-state index contributed by atoms with van der Waals surface area (Å²) >= 11 is 3.20. The minimum atomic E-state index is -0.0903. The Kier molecular flexibility index (Phi) is 5.46. The highest BCUT2D eigenvalue weighted by molar-refractivity contribution is 7.13. The molecule has 2 heterocycles. The molecule has 1 amide bonds. The van der Waals surface area contributed by atoms with Crippen molar-refractivity contribution < 1.29 is 4.79 Å². The number of nitrogens with one attached hydrogen (secondary N) is 1. The van der Waals surface area contributed by atoms with Gasteiger partial charge in [0.05, 0.1) is 5.69 Å². The largest absolute Gasteiger partial charge is 0.302 e. The van der Waals surface area contributed by atoms with Crippen molar-refractivity contribution in [1.29, 1.82) is 0 Å². The molecule has 20 heavy (non-hydrogen) atoms. The van der Waals surface area contributed by atoms with Crippen molar-refractivity contribution in [3.63, 3.8) is 0 Å². The number of thiophene rings is 1. The Morgan fingerprint density at radius 1 is 1.50 bits per heavy atom. The molecular formula is C14H17N3OS2. The number of hydrogen-bond donors (Lipinski definition) is 1. The van der Waals surface area contributed by atoms with Gasteiger partial charge in [-0.05, 0) is 11.4 Å². The summed E-state index contributed by atoms with van der Waals surface area (Å²) in [6.45, 7) is 7.74. The standard InChI is InChI=1S/C14H17N3OS2/c1-3-6-17(9-13-5-4-7-19-13)8-12-10-20-14(16-12)15-11(2)18/h3-5,7,10H,1,6,8-9H2,2H3,(H,15,16,18). The van der Waals surface area contributed by atoms with E-state index < -0.39 is 0 Å². The summed E-state index contributed by atoms with van der Waals surface area (Å²) in [4.78, 5) is 19.0. The summed E-state index contributed by atoms with van der Waals surface area (Å²) < 4.78 is 0. The van der Waals surface area contributed by atoms with E-state index in [1.54, 1.807) is 11.3 Å². The smallest absolute Gasteiger partial charge is 0.223 e. The second kappa shape index (κ2) is 7.33. The lowest BCUT2D eigenvalue weighted by Crippen LogP contribution is -2.22. The predicted molar refractivity (Wildman–Crippen MR) is 85.0 cm³/mol. The van der Waals surface area contributed by atoms with Gasteiger partial charge in [0, 0.05) is 36.8 Å². The van der Waals surface area contributed by atoms with Crippen molar-refractivity contribution in [3.8, 4) is 0 Å². The van der Waals surface area contributed by atoms with E-state index >= 15 is 0 Å². The summed E-state index contributed by atoms with van der Waals surface area (Å²) in [6, 6.07) is 4.19. The van der Waals surface area contributed by atoms with E-state index in [9.17, 15) is 4.79 Å². The van der Waals surface area contributed by atoms with Crippen molar-refractivity contribution >= 4 is 33.7 Å². The molecule has 0 atom stereocenters. The van der Waals surface area contributed by atoms with Gasteiger partial charge in [-0.15, -0.1) is 29.3 Å². The van der Waals surface area contributed by atoms with Gasteiger partial charge < -0.3 is 5.32 Å². The monoisotopic (exact) mass is 307 g/mol. The normalized spacial score (nSPS) is 10.7. The SMILES string of the molecule is C=CCN(Cc1csc(NC(C)=O)n1)Cc1cccs1. The lowest BCUT2D eigenvalue weighted by atomic mass is 10.3. The van der Waals surface area contributed by atoms with Crippen LogP contribution in [0.1, 0.15) is 17.5 Å². The number of thiazole rings is 1. The van der Waals surface area contributed by atoms with Gasteiger partial charge in [0.25, 0.3) is 0 Å². The molecule has 0 saturated carbocycles. The molecule has 0 aliphatic heterocycles. The lowest BCUT2D eigenvalue weighted by molar-refractivity contribution is -0.114. The van der Waals surface area contributed by atoms with Crippen LogP contribution in [-0.2, 0) is 17.9 Å². The topological polar surface area (TPSA) is 45.2 Å². The van der Waals surface area contributed by atoms with Crippen molar-refractivity contribution in [2.24, 2.45) is 0 Å². The van der Waals surface area contributed by atoms with Crippen LogP contribution < -0.4 is 5.32 Å². The number of aromatic nitrogens is 1. The third kappa shape index (κ3) is 4.56. The van der Waals surface area contributed by atoms with E-state index in [0.717, 1.165) is 25.3 Å². The van der Waals surface area contributed by atoms with Crippen molar-refractivity contribution in [1.82, 2.24) is 9.88 Å². The number of nitrogens with zero attached hydrogens (tertiary/aromatic N) is 2. The molecule has 0 unspecified atom stereocenters. The first-order valence-corrected chi connectivity index (χ1v) is 8.01. The third-order valence-electron chi connectivity index (χ3n) is 2.57. The van der Waals surface area contributed by atoms with E-state index in [0.29, 0.717) is 5.13 Å². The number of hydrogen-bond acceptors (Lipinski definition) is 5. The molecule has 1 N–H and O–H groups in total. The fourth-order valence-corrected chi connectivity index (χ4v) is 3.30. The average Bonchev–Trinajstić information content (AvgIpc) is 3.01. The number of amides is 1. The highest BCUT2D eigenvalue weighted by Crippen LogP contribution is 2.18. The van der Waals surface area contributed by atoms with Crippen molar-refractivity contribution in [2.75, 3.05) is 11.9 Å². The molecule has 0 fully saturated rings. The van der Waals surface area contributed by atoms with E-state index in [2.05, 4.69) is 39.3 Å². The second-order valence-electron chi connectivity index (χ2n) is 4.36. The van der Waals surface area contributed by atoms with Gasteiger partial charge in [-0.25, -0.2) is 4.98 Å². The van der Waals surface area contributed by atoms with Crippen LogP contribution in [0, 0.1) is 0 Å². The first-order valence-electron chi connectivity index (χ1n) is 6.25. The van der Waals surface area contributed by atoms with Crippen LogP contribution in [-0.4, -0.2) is 22.3 Å². The van der Waals surface area contributed by atoms with Crippen LogP contribution in [0.4, 0.5) is 5.13 Å². The fourth-order valence-electron chi connectivity index (χ4n) is 1.81. The van der Waals surface area contributed by atoms with Gasteiger partial charge in [-0.1, -0.05) is 12.1 Å². The molecule has 0 aromatic carbocycles. The van der Waals surface area contributed by atoms with Crippen LogP contribution in [0.15, 0.2) is 35.5 Å². The van der Waals surface area contributed by atoms with Crippen molar-refractivity contribution in [3.05, 3.63) is 46.1 Å². The molecule has 106 valence electrons. The van der Waals surface area contributed by atoms with Crippen LogP contribution in [0.2, 0.25) is 0 Å². The Bertz CT molecular complexity index is 563. The maximum absolute atomic E-state index is 11.0. The first-order chi connectivity index (χ1) is 9.67. The van der Waals surface area contributed by atoms with Gasteiger partial charge in [-0.3, -0.25) is 9.69 Å². The highest BCUT2D eigenvalue weighted by atomic mass is 32.1. The number of rotatable bonds is 7. The lowest BCUT2D eigenvalue weighted by Gasteiger charge is -2.18. The molecule has 2 aromatic heterocycles. The summed E-state index contributed by atoms with van der Waals surface area (Å²) in [7, 11) is 0. The Labute approximate surface area is 126 Å². The maximum atomic E-state index is 11.0. The molecular weight excluding hydrogens is 290 g/mol. The Hall–Kier alpha value is -1.50. The molecule has 4 nitrogen and oxygen atoms in total. The third-order valence-corrected chi connectivity index (χ3v) is 4.23. The Balaban J connectivity index is 1.98. The fraction of sp³-hybridized carbons (Fsp3) is 0.286. The Morgan fingerprint density at radius 3 is 3.00 bits per heavy atom. The van der Waals surface area contributed by atoms with Crippen LogP contribution in [0.25, 0.3) is 0 Å². The second-order valence-corrected chi connectivity index (χ2v) is 6.25. The van der Waals surface area contributed by atoms with Crippen LogP contribution in [0.3, 0.4) is 0 Å². The van der Waals surface area contributed by atoms with E-state index in [-0.39, 0.29) is 5.91 Å². The van der Waals surface area contributed by atoms with Gasteiger partial charge in [0.2, 0.25) is 5.91 Å². The molecule has 2 rings (SSSR count). The quantitative estimate of drug-likeness (QED) is 0.798. The molecule has 0 spiro atoms.